The SMILES string of the molecule is Cc1ccc(C)c(OCCCCC(=O)Nc2cccc([N+](=O)[O-])c2C)c1. The standard InChI is InChI=1S/C20H24N2O4/c1-14-10-11-15(2)19(13-14)26-12-5-4-9-20(23)21-17-7-6-8-18(16(17)3)22(24)25/h6-8,10-11,13H,4-5,9,12H2,1-3H3,(H,21,23). The molecule has 26 heavy (non-hydrogen) atoms. The van der Waals surface area contributed by atoms with Crippen molar-refractivity contribution in [3.8, 4) is 5.75 Å². The van der Waals surface area contributed by atoms with Gasteiger partial charge in [-0.3, -0.25) is 14.9 Å². The number of amides is 1. The topological polar surface area (TPSA) is 81.5 Å². The van der Waals surface area contributed by atoms with E-state index in [-0.39, 0.29) is 11.6 Å². The number of hydrogen-bond donors (Lipinski definition) is 1. The molecule has 2 aromatic carbocycles. The Morgan fingerprint density at radius 1 is 1.15 bits per heavy atom. The van der Waals surface area contributed by atoms with Crippen molar-refractivity contribution in [1.29, 1.82) is 0 Å². The average Bonchev–Trinajstić information content (AvgIpc) is 2.59. The smallest absolute Gasteiger partial charge is 0.274 e. The van der Waals surface area contributed by atoms with Crippen LogP contribution in [0.25, 0.3) is 0 Å². The fourth-order valence-electron chi connectivity index (χ4n) is 2.60. The molecule has 0 aliphatic heterocycles. The number of benzene rings is 2. The van der Waals surface area contributed by atoms with Gasteiger partial charge in [0.2, 0.25) is 5.91 Å². The second-order valence-corrected chi connectivity index (χ2v) is 6.33. The highest BCUT2D eigenvalue weighted by Crippen LogP contribution is 2.25. The van der Waals surface area contributed by atoms with E-state index in [2.05, 4.69) is 5.32 Å². The number of unbranched alkanes of at least 4 members (excludes halogenated alkanes) is 1. The zero-order valence-electron chi connectivity index (χ0n) is 15.4. The van der Waals surface area contributed by atoms with Crippen LogP contribution in [0, 0.1) is 30.9 Å². The summed E-state index contributed by atoms with van der Waals surface area (Å²) in [7, 11) is 0. The van der Waals surface area contributed by atoms with Crippen LogP contribution < -0.4 is 10.1 Å². The number of carbonyl (C=O) groups excluding carboxylic acids is 1. The summed E-state index contributed by atoms with van der Waals surface area (Å²) >= 11 is 0. The van der Waals surface area contributed by atoms with E-state index in [1.165, 1.54) is 6.07 Å². The first kappa shape index (κ1) is 19.4. The Bertz CT molecular complexity index is 802. The molecule has 1 N–H and O–H groups in total. The van der Waals surface area contributed by atoms with Gasteiger partial charge in [-0.2, -0.15) is 0 Å². The van der Waals surface area contributed by atoms with Gasteiger partial charge >= 0.3 is 0 Å². The quantitative estimate of drug-likeness (QED) is 0.422. The molecule has 0 aromatic heterocycles. The number of hydrogen-bond acceptors (Lipinski definition) is 4. The zero-order valence-corrected chi connectivity index (χ0v) is 15.4. The first-order valence-electron chi connectivity index (χ1n) is 8.62. The zero-order chi connectivity index (χ0) is 19.1. The highest BCUT2D eigenvalue weighted by molar-refractivity contribution is 5.92. The minimum atomic E-state index is -0.449. The predicted molar refractivity (Wildman–Crippen MR) is 102 cm³/mol. The Labute approximate surface area is 153 Å². The number of anilines is 1. The van der Waals surface area contributed by atoms with Gasteiger partial charge in [0.15, 0.2) is 0 Å². The summed E-state index contributed by atoms with van der Waals surface area (Å²) in [4.78, 5) is 22.6. The molecule has 0 saturated carbocycles. The van der Waals surface area contributed by atoms with E-state index >= 15 is 0 Å². The maximum Gasteiger partial charge on any atom is 0.274 e. The first-order valence-corrected chi connectivity index (χ1v) is 8.62. The lowest BCUT2D eigenvalue weighted by molar-refractivity contribution is -0.385. The molecule has 2 rings (SSSR count). The molecule has 0 radical (unpaired) electrons. The predicted octanol–water partition coefficient (Wildman–Crippen LogP) is 4.71. The Balaban J connectivity index is 1.77. The van der Waals surface area contributed by atoms with Crippen LogP contribution in [0.5, 0.6) is 5.75 Å². The van der Waals surface area contributed by atoms with Gasteiger partial charge in [0, 0.05) is 12.5 Å². The second kappa shape index (κ2) is 8.99. The highest BCUT2D eigenvalue weighted by Gasteiger charge is 2.14. The molecule has 138 valence electrons. The van der Waals surface area contributed by atoms with E-state index < -0.39 is 4.92 Å². The molecule has 0 unspecified atom stereocenters. The van der Waals surface area contributed by atoms with Gasteiger partial charge in [-0.05, 0) is 56.9 Å². The van der Waals surface area contributed by atoms with Crippen LogP contribution in [0.15, 0.2) is 36.4 Å². The molecule has 6 nitrogen and oxygen atoms in total. The Kier molecular flexibility index (Phi) is 6.72. The van der Waals surface area contributed by atoms with Gasteiger partial charge in [0.25, 0.3) is 5.69 Å². The van der Waals surface area contributed by atoms with Crippen molar-refractivity contribution in [2.75, 3.05) is 11.9 Å². The normalized spacial score (nSPS) is 10.4. The number of nitrogens with zero attached hydrogens (tertiary/aromatic N) is 1. The van der Waals surface area contributed by atoms with E-state index in [0.717, 1.165) is 23.3 Å². The molecular formula is C20H24N2O4. The molecule has 0 fully saturated rings. The fourth-order valence-corrected chi connectivity index (χ4v) is 2.60. The number of aryl methyl sites for hydroxylation is 2. The van der Waals surface area contributed by atoms with Crippen LogP contribution in [0.2, 0.25) is 0 Å². The highest BCUT2D eigenvalue weighted by atomic mass is 16.6. The van der Waals surface area contributed by atoms with E-state index in [1.807, 2.05) is 32.0 Å². The lowest BCUT2D eigenvalue weighted by Crippen LogP contribution is -2.13. The molecule has 0 atom stereocenters. The van der Waals surface area contributed by atoms with E-state index in [4.69, 9.17) is 4.74 Å². The summed E-state index contributed by atoms with van der Waals surface area (Å²) in [6.07, 6.45) is 1.79. The monoisotopic (exact) mass is 356 g/mol. The number of carbonyl (C=O) groups is 1. The van der Waals surface area contributed by atoms with Crippen molar-refractivity contribution >= 4 is 17.3 Å². The van der Waals surface area contributed by atoms with E-state index in [0.29, 0.717) is 30.7 Å². The third kappa shape index (κ3) is 5.31. The maximum atomic E-state index is 12.1. The molecule has 0 aliphatic rings. The number of nitrogens with one attached hydrogen (secondary N) is 1. The Hall–Kier alpha value is -2.89. The largest absolute Gasteiger partial charge is 0.493 e. The molecule has 0 spiro atoms. The van der Waals surface area contributed by atoms with Crippen molar-refractivity contribution in [2.24, 2.45) is 0 Å². The minimum absolute atomic E-state index is 0.00437. The van der Waals surface area contributed by atoms with Crippen molar-refractivity contribution < 1.29 is 14.5 Å². The molecule has 6 heteroatoms. The summed E-state index contributed by atoms with van der Waals surface area (Å²) in [5.74, 6) is 0.724. The van der Waals surface area contributed by atoms with E-state index in [1.54, 1.807) is 19.1 Å². The number of ether oxygens (including phenoxy) is 1. The molecule has 0 saturated heterocycles. The van der Waals surface area contributed by atoms with E-state index in [9.17, 15) is 14.9 Å². The van der Waals surface area contributed by atoms with Crippen LogP contribution in [0.4, 0.5) is 11.4 Å². The van der Waals surface area contributed by atoms with Crippen LogP contribution in [-0.4, -0.2) is 17.4 Å². The number of nitro benzene ring substituents is 1. The van der Waals surface area contributed by atoms with Gasteiger partial charge in [-0.25, -0.2) is 0 Å². The summed E-state index contributed by atoms with van der Waals surface area (Å²) in [6.45, 7) is 6.20. The van der Waals surface area contributed by atoms with Gasteiger partial charge in [0.05, 0.1) is 22.8 Å². The lowest BCUT2D eigenvalue weighted by atomic mass is 10.1. The summed E-state index contributed by atoms with van der Waals surface area (Å²) in [6, 6.07) is 10.7. The van der Waals surface area contributed by atoms with Gasteiger partial charge in [-0.1, -0.05) is 18.2 Å². The fraction of sp³-hybridized carbons (Fsp3) is 0.350. The second-order valence-electron chi connectivity index (χ2n) is 6.33. The van der Waals surface area contributed by atoms with Crippen molar-refractivity contribution in [3.05, 3.63) is 63.2 Å². The summed E-state index contributed by atoms with van der Waals surface area (Å²) in [5.41, 5.74) is 3.19. The molecule has 0 aliphatic carbocycles. The maximum absolute atomic E-state index is 12.1. The average molecular weight is 356 g/mol. The first-order chi connectivity index (χ1) is 12.4. The van der Waals surface area contributed by atoms with Gasteiger partial charge in [-0.15, -0.1) is 0 Å². The van der Waals surface area contributed by atoms with Crippen molar-refractivity contribution in [1.82, 2.24) is 0 Å². The molecule has 1 amide bonds. The third-order valence-electron chi connectivity index (χ3n) is 4.18. The van der Waals surface area contributed by atoms with Crippen molar-refractivity contribution in [2.45, 2.75) is 40.0 Å². The molecular weight excluding hydrogens is 332 g/mol. The molecule has 2 aromatic rings. The third-order valence-corrected chi connectivity index (χ3v) is 4.18. The van der Waals surface area contributed by atoms with Crippen LogP contribution in [0.3, 0.4) is 0 Å². The molecule has 0 heterocycles. The Morgan fingerprint density at radius 3 is 2.65 bits per heavy atom. The van der Waals surface area contributed by atoms with Gasteiger partial charge < -0.3 is 10.1 Å². The van der Waals surface area contributed by atoms with Crippen molar-refractivity contribution in [3.63, 3.8) is 0 Å². The molecule has 0 bridgehead atoms. The van der Waals surface area contributed by atoms with Crippen LogP contribution in [0.1, 0.15) is 36.0 Å². The van der Waals surface area contributed by atoms with Crippen LogP contribution >= 0.6 is 0 Å². The number of rotatable bonds is 8. The lowest BCUT2D eigenvalue weighted by Gasteiger charge is -2.10. The van der Waals surface area contributed by atoms with Gasteiger partial charge in [0.1, 0.15) is 5.75 Å². The Morgan fingerprint density at radius 2 is 1.92 bits per heavy atom. The van der Waals surface area contributed by atoms with Crippen LogP contribution in [-0.2, 0) is 4.79 Å². The minimum Gasteiger partial charge on any atom is -0.493 e. The number of nitro groups is 1. The summed E-state index contributed by atoms with van der Waals surface area (Å²) in [5, 5.41) is 13.7. The summed E-state index contributed by atoms with van der Waals surface area (Å²) < 4.78 is 5.77.